The van der Waals surface area contributed by atoms with Crippen molar-refractivity contribution in [3.63, 3.8) is 0 Å². The average molecular weight is 515 g/mol. The van der Waals surface area contributed by atoms with Gasteiger partial charge in [-0.25, -0.2) is 0 Å². The number of carbonyl (C=O) groups excluding carboxylic acids is 4. The van der Waals surface area contributed by atoms with E-state index in [4.69, 9.17) is 16.3 Å². The third-order valence-electron chi connectivity index (χ3n) is 9.71. The lowest BCUT2D eigenvalue weighted by molar-refractivity contribution is -0.158. The summed E-state index contributed by atoms with van der Waals surface area (Å²) in [7, 11) is 0. The maximum Gasteiger partial charge on any atom is 0.306 e. The number of halogens is 1. The van der Waals surface area contributed by atoms with Gasteiger partial charge in [-0.2, -0.15) is 0 Å². The fourth-order valence-corrected chi connectivity index (χ4v) is 7.95. The lowest BCUT2D eigenvalue weighted by Crippen LogP contribution is -2.57. The van der Waals surface area contributed by atoms with Gasteiger partial charge in [-0.1, -0.05) is 44.7 Å². The van der Waals surface area contributed by atoms with Gasteiger partial charge in [0.25, 0.3) is 0 Å². The van der Waals surface area contributed by atoms with Crippen LogP contribution in [0.1, 0.15) is 65.7 Å². The zero-order valence-electron chi connectivity index (χ0n) is 21.3. The predicted octanol–water partition coefficient (Wildman–Crippen LogP) is 4.79. The van der Waals surface area contributed by atoms with Crippen LogP contribution in [0.2, 0.25) is 0 Å². The van der Waals surface area contributed by atoms with Gasteiger partial charge in [0.1, 0.15) is 18.0 Å². The van der Waals surface area contributed by atoms with Crippen molar-refractivity contribution in [2.24, 2.45) is 28.6 Å². The summed E-state index contributed by atoms with van der Waals surface area (Å²) in [5.74, 6) is -1.53. The molecule has 0 aromatic carbocycles. The number of hydrogen-bond donors (Lipinski definition) is 1. The van der Waals surface area contributed by atoms with Crippen molar-refractivity contribution < 1.29 is 29.0 Å². The fraction of sp³-hybridized carbons (Fsp3) is 0.586. The Balaban J connectivity index is 1.75. The lowest BCUT2D eigenvalue weighted by Gasteiger charge is -2.58. The number of unbranched alkanes of at least 4 members (excludes halogenated alkanes) is 2. The molecule has 7 atom stereocenters. The molecule has 4 aliphatic carbocycles. The molecule has 0 aliphatic heterocycles. The zero-order chi connectivity index (χ0) is 26.6. The van der Waals surface area contributed by atoms with E-state index >= 15 is 0 Å². The molecule has 6 nitrogen and oxygen atoms in total. The van der Waals surface area contributed by atoms with Crippen LogP contribution in [-0.2, 0) is 23.9 Å². The molecule has 4 aliphatic rings. The van der Waals surface area contributed by atoms with E-state index in [-0.39, 0.29) is 42.2 Å². The Morgan fingerprint density at radius 3 is 2.61 bits per heavy atom. The predicted molar refractivity (Wildman–Crippen MR) is 136 cm³/mol. The van der Waals surface area contributed by atoms with Gasteiger partial charge in [0.2, 0.25) is 0 Å². The number of esters is 1. The van der Waals surface area contributed by atoms with Crippen LogP contribution < -0.4 is 0 Å². The molecule has 0 aromatic heterocycles. The van der Waals surface area contributed by atoms with Gasteiger partial charge in [0.15, 0.2) is 11.6 Å². The molecule has 0 amide bonds. The molecular weight excluding hydrogens is 480 g/mol. The number of rotatable bonds is 7. The number of fused-ring (bicyclic) bond motifs is 5. The minimum Gasteiger partial charge on any atom is -0.462 e. The number of aliphatic hydroxyl groups is 1. The highest BCUT2D eigenvalue weighted by Crippen LogP contribution is 2.68. The molecule has 0 spiro atoms. The number of ether oxygens (including phenoxy) is 1. The summed E-state index contributed by atoms with van der Waals surface area (Å²) in [6, 6.07) is 0. The monoisotopic (exact) mass is 514 g/mol. The molecule has 0 radical (unpaired) electrons. The second-order valence-corrected chi connectivity index (χ2v) is 11.7. The van der Waals surface area contributed by atoms with Crippen molar-refractivity contribution in [3.05, 3.63) is 47.1 Å². The fourth-order valence-electron chi connectivity index (χ4n) is 7.55. The number of Topliss-reactive ketones (excluding diaryl/α,β-unsaturated/α-hetero) is 1. The van der Waals surface area contributed by atoms with E-state index in [0.717, 1.165) is 11.9 Å². The average Bonchev–Trinajstić information content (AvgIpc) is 3.05. The molecule has 2 fully saturated rings. The molecular formula is C29H35ClO6. The van der Waals surface area contributed by atoms with E-state index in [0.29, 0.717) is 48.3 Å². The van der Waals surface area contributed by atoms with Gasteiger partial charge in [-0.15, -0.1) is 0 Å². The van der Waals surface area contributed by atoms with Crippen molar-refractivity contribution in [3.8, 4) is 0 Å². The molecule has 0 heterocycles. The Kier molecular flexibility index (Phi) is 6.85. The first-order valence-corrected chi connectivity index (χ1v) is 13.1. The summed E-state index contributed by atoms with van der Waals surface area (Å²) < 4.78 is 5.97. The van der Waals surface area contributed by atoms with Crippen LogP contribution in [0.15, 0.2) is 47.1 Å². The Bertz CT molecular complexity index is 1120. The van der Waals surface area contributed by atoms with Crippen molar-refractivity contribution in [1.82, 2.24) is 0 Å². The van der Waals surface area contributed by atoms with Crippen LogP contribution in [0.25, 0.3) is 0 Å². The summed E-state index contributed by atoms with van der Waals surface area (Å²) in [6.45, 7) is 13.6. The van der Waals surface area contributed by atoms with Crippen LogP contribution in [-0.4, -0.2) is 40.6 Å². The quantitative estimate of drug-likeness (QED) is 0.227. The Morgan fingerprint density at radius 2 is 1.97 bits per heavy atom. The van der Waals surface area contributed by atoms with E-state index in [1.807, 2.05) is 19.9 Å². The molecule has 194 valence electrons. The maximum absolute atomic E-state index is 12.8. The standard InChI is InChI=1S/C29H35ClO6/c1-16-17(2)28(5)20-10-11-27(4)26(19(20)13-22(30)21(28)14-23(16)33)24(15-29(27,35)18(3)32)36-25(34)9-7-6-8-12-31/h12-14,19-20,24,26,35H,1-2,6-11,15H2,3-5H3/t19-,20+,24?,26-,27+,28-,29+/m1/s1. The molecule has 1 N–H and O–H groups in total. The van der Waals surface area contributed by atoms with Crippen LogP contribution in [0, 0.1) is 28.6 Å². The Labute approximate surface area is 217 Å². The molecule has 0 aromatic rings. The minimum atomic E-state index is -1.63. The number of aldehydes is 1. The third-order valence-corrected chi connectivity index (χ3v) is 10.0. The summed E-state index contributed by atoms with van der Waals surface area (Å²) in [4.78, 5) is 48.7. The summed E-state index contributed by atoms with van der Waals surface area (Å²) >= 11 is 6.80. The van der Waals surface area contributed by atoms with Gasteiger partial charge < -0.3 is 14.6 Å². The van der Waals surface area contributed by atoms with Crippen LogP contribution in [0.4, 0.5) is 0 Å². The largest absolute Gasteiger partial charge is 0.462 e. The Hall–Kier alpha value is -2.31. The lowest BCUT2D eigenvalue weighted by atomic mass is 9.46. The normalized spacial score (nSPS) is 39.4. The zero-order valence-corrected chi connectivity index (χ0v) is 22.0. The molecule has 36 heavy (non-hydrogen) atoms. The topological polar surface area (TPSA) is 97.7 Å². The first-order chi connectivity index (χ1) is 16.8. The second-order valence-electron chi connectivity index (χ2n) is 11.3. The maximum atomic E-state index is 12.8. The summed E-state index contributed by atoms with van der Waals surface area (Å²) in [6.07, 6.45) is 6.57. The SMILES string of the molecule is C=C1C(=C)[C@@]2(C)C(=CC1=O)C(Cl)=C[C@@H]1[C@@H]2CC[C@@]2(C)[C@H]1C(OC(=O)CCCCC=O)C[C@]2(O)C(C)=O. The highest BCUT2D eigenvalue weighted by molar-refractivity contribution is 6.33. The van der Waals surface area contributed by atoms with E-state index in [1.165, 1.54) is 6.92 Å². The van der Waals surface area contributed by atoms with E-state index in [9.17, 15) is 24.3 Å². The van der Waals surface area contributed by atoms with Crippen LogP contribution in [0.3, 0.4) is 0 Å². The summed E-state index contributed by atoms with van der Waals surface area (Å²) in [5, 5.41) is 12.2. The Morgan fingerprint density at radius 1 is 1.28 bits per heavy atom. The smallest absolute Gasteiger partial charge is 0.306 e. The molecule has 7 heteroatoms. The molecule has 4 rings (SSSR count). The summed E-state index contributed by atoms with van der Waals surface area (Å²) in [5.41, 5.74) is -1.37. The first-order valence-electron chi connectivity index (χ1n) is 12.7. The first kappa shape index (κ1) is 26.7. The van der Waals surface area contributed by atoms with Crippen LogP contribution >= 0.6 is 11.6 Å². The minimum absolute atomic E-state index is 0.0234. The molecule has 2 saturated carbocycles. The van der Waals surface area contributed by atoms with Crippen molar-refractivity contribution in [2.45, 2.75) is 77.4 Å². The highest BCUT2D eigenvalue weighted by atomic mass is 35.5. The van der Waals surface area contributed by atoms with E-state index < -0.39 is 28.5 Å². The molecule has 0 saturated heterocycles. The van der Waals surface area contributed by atoms with Gasteiger partial charge >= 0.3 is 5.97 Å². The number of carbonyl (C=O) groups is 4. The van der Waals surface area contributed by atoms with Gasteiger partial charge in [0, 0.05) is 46.6 Å². The van der Waals surface area contributed by atoms with Gasteiger partial charge in [-0.3, -0.25) is 14.4 Å². The third kappa shape index (κ3) is 3.71. The molecule has 0 bridgehead atoms. The van der Waals surface area contributed by atoms with Gasteiger partial charge in [-0.05, 0) is 61.7 Å². The van der Waals surface area contributed by atoms with Crippen LogP contribution in [0.5, 0.6) is 0 Å². The van der Waals surface area contributed by atoms with Crippen molar-refractivity contribution >= 4 is 35.4 Å². The number of allylic oxidation sites excluding steroid dienone is 6. The molecule has 1 unspecified atom stereocenters. The van der Waals surface area contributed by atoms with Gasteiger partial charge in [0.05, 0.1) is 0 Å². The van der Waals surface area contributed by atoms with E-state index in [2.05, 4.69) is 13.2 Å². The highest BCUT2D eigenvalue weighted by Gasteiger charge is 2.70. The van der Waals surface area contributed by atoms with E-state index in [1.54, 1.807) is 6.08 Å². The number of ketones is 2. The second kappa shape index (κ2) is 9.21. The number of hydrogen-bond acceptors (Lipinski definition) is 6. The van der Waals surface area contributed by atoms with Crippen molar-refractivity contribution in [2.75, 3.05) is 0 Å². The van der Waals surface area contributed by atoms with Crippen molar-refractivity contribution in [1.29, 1.82) is 0 Å².